The zero-order valence-corrected chi connectivity index (χ0v) is 17.4. The molecular weight excluding hydrogens is 392 g/mol. The predicted molar refractivity (Wildman–Crippen MR) is 104 cm³/mol. The lowest BCUT2D eigenvalue weighted by Crippen LogP contribution is -2.35. The number of rotatable bonds is 5. The van der Waals surface area contributed by atoms with E-state index in [4.69, 9.17) is 0 Å². The highest BCUT2D eigenvalue weighted by molar-refractivity contribution is 7.91. The maximum atomic E-state index is 12.9. The monoisotopic (exact) mass is 414 g/mol. The number of nitrogens with zero attached hydrogens (tertiary/aromatic N) is 2. The second-order valence-corrected chi connectivity index (χ2v) is 10.7. The van der Waals surface area contributed by atoms with Gasteiger partial charge < -0.3 is 5.32 Å². The Morgan fingerprint density at radius 1 is 1.35 bits per heavy atom. The SMILES string of the molecule is CCc1ccc(S(=O)(=O)N2CCc3nc(NC(=O)NC(C)C)sc3C2)s1. The molecule has 0 aliphatic carbocycles. The van der Waals surface area contributed by atoms with E-state index < -0.39 is 10.0 Å². The minimum Gasteiger partial charge on any atom is -0.336 e. The lowest BCUT2D eigenvalue weighted by atomic mass is 10.2. The Balaban J connectivity index is 1.74. The number of aromatic nitrogens is 1. The summed E-state index contributed by atoms with van der Waals surface area (Å²) >= 11 is 2.66. The summed E-state index contributed by atoms with van der Waals surface area (Å²) in [6.45, 7) is 6.46. The van der Waals surface area contributed by atoms with E-state index >= 15 is 0 Å². The maximum Gasteiger partial charge on any atom is 0.321 e. The molecule has 0 aromatic carbocycles. The number of fused-ring (bicyclic) bond motifs is 1. The summed E-state index contributed by atoms with van der Waals surface area (Å²) in [7, 11) is -3.49. The van der Waals surface area contributed by atoms with Gasteiger partial charge in [0.15, 0.2) is 5.13 Å². The molecule has 10 heteroatoms. The molecule has 0 spiro atoms. The number of amides is 2. The molecular formula is C16H22N4O3S3. The van der Waals surface area contributed by atoms with E-state index in [9.17, 15) is 13.2 Å². The first-order valence-corrected chi connectivity index (χ1v) is 11.5. The van der Waals surface area contributed by atoms with Crippen LogP contribution in [0.3, 0.4) is 0 Å². The van der Waals surface area contributed by atoms with Crippen molar-refractivity contribution in [1.82, 2.24) is 14.6 Å². The van der Waals surface area contributed by atoms with Crippen LogP contribution >= 0.6 is 22.7 Å². The number of hydrogen-bond donors (Lipinski definition) is 2. The van der Waals surface area contributed by atoms with Crippen molar-refractivity contribution >= 4 is 43.9 Å². The van der Waals surface area contributed by atoms with Crippen LogP contribution in [0, 0.1) is 0 Å². The van der Waals surface area contributed by atoms with Gasteiger partial charge in [-0.25, -0.2) is 18.2 Å². The topological polar surface area (TPSA) is 91.4 Å². The van der Waals surface area contributed by atoms with Crippen molar-refractivity contribution < 1.29 is 13.2 Å². The fraction of sp³-hybridized carbons (Fsp3) is 0.500. The van der Waals surface area contributed by atoms with Crippen molar-refractivity contribution in [3.63, 3.8) is 0 Å². The normalized spacial score (nSPS) is 15.1. The lowest BCUT2D eigenvalue weighted by Gasteiger charge is -2.24. The van der Waals surface area contributed by atoms with Gasteiger partial charge in [-0.3, -0.25) is 5.32 Å². The third-order valence-corrected chi connectivity index (χ3v) is 8.46. The van der Waals surface area contributed by atoms with Gasteiger partial charge in [0.2, 0.25) is 0 Å². The van der Waals surface area contributed by atoms with E-state index in [0.29, 0.717) is 28.9 Å². The standard InChI is InChI=1S/C16H22N4O3S3/c1-4-11-5-6-14(24-11)26(22,23)20-8-7-12-13(9-20)25-16(18-12)19-15(21)17-10(2)3/h5-6,10H,4,7-9H2,1-3H3,(H2,17,18,19,21). The van der Waals surface area contributed by atoms with Crippen LogP contribution in [0.25, 0.3) is 0 Å². The molecule has 3 heterocycles. The van der Waals surface area contributed by atoms with Crippen molar-refractivity contribution in [3.05, 3.63) is 27.6 Å². The smallest absolute Gasteiger partial charge is 0.321 e. The van der Waals surface area contributed by atoms with Crippen LogP contribution in [-0.2, 0) is 29.4 Å². The van der Waals surface area contributed by atoms with Crippen LogP contribution in [-0.4, -0.2) is 36.3 Å². The number of carbonyl (C=O) groups is 1. The molecule has 2 aromatic heterocycles. The van der Waals surface area contributed by atoms with E-state index in [-0.39, 0.29) is 12.1 Å². The van der Waals surface area contributed by atoms with Crippen molar-refractivity contribution in [2.45, 2.75) is 50.4 Å². The quantitative estimate of drug-likeness (QED) is 0.787. The molecule has 0 unspecified atom stereocenters. The van der Waals surface area contributed by atoms with Gasteiger partial charge in [0.1, 0.15) is 4.21 Å². The van der Waals surface area contributed by atoms with Gasteiger partial charge in [0, 0.05) is 28.8 Å². The third kappa shape index (κ3) is 4.08. The number of aryl methyl sites for hydroxylation is 1. The number of thiophene rings is 1. The zero-order valence-electron chi connectivity index (χ0n) is 14.9. The number of hydrogen-bond acceptors (Lipinski definition) is 6. The predicted octanol–water partition coefficient (Wildman–Crippen LogP) is 3.04. The molecule has 0 fully saturated rings. The minimum atomic E-state index is -3.49. The molecule has 0 saturated carbocycles. The van der Waals surface area contributed by atoms with Crippen LogP contribution in [0.2, 0.25) is 0 Å². The second-order valence-electron chi connectivity index (χ2n) is 6.30. The Hall–Kier alpha value is -1.49. The molecule has 1 aliphatic heterocycles. The minimum absolute atomic E-state index is 0.0315. The molecule has 0 saturated heterocycles. The lowest BCUT2D eigenvalue weighted by molar-refractivity contribution is 0.250. The van der Waals surface area contributed by atoms with Gasteiger partial charge in [0.05, 0.1) is 12.2 Å². The Labute approximate surface area is 161 Å². The summed E-state index contributed by atoms with van der Waals surface area (Å²) in [6.07, 6.45) is 1.37. The van der Waals surface area contributed by atoms with Crippen LogP contribution in [0.1, 0.15) is 36.2 Å². The van der Waals surface area contributed by atoms with Crippen LogP contribution in [0.15, 0.2) is 16.3 Å². The second kappa shape index (κ2) is 7.63. The molecule has 26 heavy (non-hydrogen) atoms. The molecule has 0 bridgehead atoms. The van der Waals surface area contributed by atoms with E-state index in [1.54, 1.807) is 6.07 Å². The fourth-order valence-electron chi connectivity index (χ4n) is 2.64. The van der Waals surface area contributed by atoms with Gasteiger partial charge in [-0.2, -0.15) is 4.31 Å². The molecule has 3 rings (SSSR count). The van der Waals surface area contributed by atoms with Crippen molar-refractivity contribution in [1.29, 1.82) is 0 Å². The fourth-order valence-corrected chi connectivity index (χ4v) is 6.60. The van der Waals surface area contributed by atoms with Gasteiger partial charge in [-0.1, -0.05) is 18.3 Å². The van der Waals surface area contributed by atoms with Crippen molar-refractivity contribution in [3.8, 4) is 0 Å². The largest absolute Gasteiger partial charge is 0.336 e. The van der Waals surface area contributed by atoms with Crippen LogP contribution in [0.5, 0.6) is 0 Å². The first kappa shape index (κ1) is 19.3. The number of sulfonamides is 1. The average molecular weight is 415 g/mol. The molecule has 2 N–H and O–H groups in total. The molecule has 142 valence electrons. The summed E-state index contributed by atoms with van der Waals surface area (Å²) in [5, 5.41) is 5.96. The van der Waals surface area contributed by atoms with E-state index in [0.717, 1.165) is 21.9 Å². The zero-order chi connectivity index (χ0) is 18.9. The first-order valence-electron chi connectivity index (χ1n) is 8.44. The summed E-state index contributed by atoms with van der Waals surface area (Å²) in [6, 6.07) is 3.28. The summed E-state index contributed by atoms with van der Waals surface area (Å²) in [5.74, 6) is 0. The molecule has 1 aliphatic rings. The summed E-state index contributed by atoms with van der Waals surface area (Å²) in [5.41, 5.74) is 0.863. The Morgan fingerprint density at radius 2 is 2.12 bits per heavy atom. The first-order chi connectivity index (χ1) is 12.3. The highest BCUT2D eigenvalue weighted by Crippen LogP contribution is 2.33. The number of nitrogens with one attached hydrogen (secondary N) is 2. The third-order valence-electron chi connectivity index (χ3n) is 3.92. The Morgan fingerprint density at radius 3 is 2.77 bits per heavy atom. The molecule has 0 atom stereocenters. The van der Waals surface area contributed by atoms with E-state index in [1.165, 1.54) is 27.0 Å². The van der Waals surface area contributed by atoms with Gasteiger partial charge in [-0.15, -0.1) is 11.3 Å². The average Bonchev–Trinajstić information content (AvgIpc) is 3.19. The maximum absolute atomic E-state index is 12.9. The highest BCUT2D eigenvalue weighted by atomic mass is 32.2. The summed E-state index contributed by atoms with van der Waals surface area (Å²) < 4.78 is 27.6. The molecule has 0 radical (unpaired) electrons. The molecule has 2 amide bonds. The van der Waals surface area contributed by atoms with Gasteiger partial charge >= 0.3 is 6.03 Å². The Bertz CT molecular complexity index is 902. The van der Waals surface area contributed by atoms with Gasteiger partial charge in [-0.05, 0) is 32.4 Å². The number of thiazole rings is 1. The van der Waals surface area contributed by atoms with Gasteiger partial charge in [0.25, 0.3) is 10.0 Å². The van der Waals surface area contributed by atoms with E-state index in [1.807, 2.05) is 26.8 Å². The van der Waals surface area contributed by atoms with Crippen molar-refractivity contribution in [2.24, 2.45) is 0 Å². The van der Waals surface area contributed by atoms with E-state index in [2.05, 4.69) is 15.6 Å². The number of carbonyl (C=O) groups excluding carboxylic acids is 1. The number of urea groups is 1. The molecule has 7 nitrogen and oxygen atoms in total. The van der Waals surface area contributed by atoms with Crippen LogP contribution < -0.4 is 10.6 Å². The van der Waals surface area contributed by atoms with Crippen LogP contribution in [0.4, 0.5) is 9.93 Å². The number of anilines is 1. The summed E-state index contributed by atoms with van der Waals surface area (Å²) in [4.78, 5) is 18.2. The molecule has 2 aromatic rings. The van der Waals surface area contributed by atoms with Crippen molar-refractivity contribution in [2.75, 3.05) is 11.9 Å². The highest BCUT2D eigenvalue weighted by Gasteiger charge is 2.31. The Kier molecular flexibility index (Phi) is 5.66.